The number of nitrogens with one attached hydrogen (secondary N) is 1. The highest BCUT2D eigenvalue weighted by Gasteiger charge is 2.14. The molecule has 0 spiro atoms. The van der Waals surface area contributed by atoms with Gasteiger partial charge in [-0.05, 0) is 22.9 Å². The van der Waals surface area contributed by atoms with Gasteiger partial charge in [0.1, 0.15) is 17.2 Å². The molecule has 0 aliphatic carbocycles. The minimum absolute atomic E-state index is 0.107. The zero-order chi connectivity index (χ0) is 20.1. The fraction of sp³-hybridized carbons (Fsp3) is 0.143. The van der Waals surface area contributed by atoms with Crippen molar-refractivity contribution in [3.63, 3.8) is 0 Å². The second-order valence-corrected chi connectivity index (χ2v) is 5.83. The molecule has 0 aliphatic rings. The van der Waals surface area contributed by atoms with Crippen molar-refractivity contribution in [2.75, 3.05) is 21.3 Å². The lowest BCUT2D eigenvalue weighted by Gasteiger charge is -2.12. The molecule has 28 heavy (non-hydrogen) atoms. The topological polar surface area (TPSA) is 89.4 Å². The standard InChI is InChI=1S/C21H20N2O5/c1-26-15-10-18(27-2)20(19(11-15)28-3)22-12-23-21(25)16-8-13-6-4-5-7-14(13)9-17(16)24/h4-12,24H,1-3H3,(H,22,23,25). The fourth-order valence-electron chi connectivity index (χ4n) is 2.76. The van der Waals surface area contributed by atoms with Gasteiger partial charge in [-0.15, -0.1) is 0 Å². The monoisotopic (exact) mass is 380 g/mol. The first-order chi connectivity index (χ1) is 13.6. The van der Waals surface area contributed by atoms with E-state index in [0.29, 0.717) is 22.9 Å². The van der Waals surface area contributed by atoms with Crippen molar-refractivity contribution in [3.8, 4) is 23.0 Å². The van der Waals surface area contributed by atoms with Crippen LogP contribution in [0.15, 0.2) is 53.5 Å². The van der Waals surface area contributed by atoms with E-state index >= 15 is 0 Å². The number of nitrogens with zero attached hydrogens (tertiary/aromatic N) is 1. The summed E-state index contributed by atoms with van der Waals surface area (Å²) in [4.78, 5) is 16.7. The van der Waals surface area contributed by atoms with E-state index in [1.807, 2.05) is 24.3 Å². The van der Waals surface area contributed by atoms with Crippen LogP contribution in [0.3, 0.4) is 0 Å². The minimum Gasteiger partial charge on any atom is -0.507 e. The van der Waals surface area contributed by atoms with E-state index in [2.05, 4.69) is 10.3 Å². The van der Waals surface area contributed by atoms with Crippen molar-refractivity contribution >= 4 is 28.7 Å². The van der Waals surface area contributed by atoms with Gasteiger partial charge in [-0.25, -0.2) is 4.99 Å². The molecule has 2 N–H and O–H groups in total. The number of aromatic hydroxyl groups is 1. The van der Waals surface area contributed by atoms with Crippen molar-refractivity contribution in [1.29, 1.82) is 0 Å². The lowest BCUT2D eigenvalue weighted by molar-refractivity contribution is 0.0976. The van der Waals surface area contributed by atoms with Gasteiger partial charge in [-0.2, -0.15) is 0 Å². The number of fused-ring (bicyclic) bond motifs is 1. The van der Waals surface area contributed by atoms with E-state index in [-0.39, 0.29) is 11.3 Å². The number of phenols is 1. The summed E-state index contributed by atoms with van der Waals surface area (Å²) in [5.74, 6) is 0.811. The van der Waals surface area contributed by atoms with Crippen molar-refractivity contribution in [2.45, 2.75) is 0 Å². The van der Waals surface area contributed by atoms with Crippen LogP contribution in [0.4, 0.5) is 5.69 Å². The van der Waals surface area contributed by atoms with Gasteiger partial charge in [0, 0.05) is 12.1 Å². The zero-order valence-corrected chi connectivity index (χ0v) is 15.7. The van der Waals surface area contributed by atoms with Gasteiger partial charge in [0.05, 0.1) is 33.2 Å². The van der Waals surface area contributed by atoms with Crippen LogP contribution in [-0.2, 0) is 0 Å². The van der Waals surface area contributed by atoms with Crippen molar-refractivity contribution in [1.82, 2.24) is 5.32 Å². The van der Waals surface area contributed by atoms with Crippen LogP contribution in [0, 0.1) is 0 Å². The van der Waals surface area contributed by atoms with E-state index < -0.39 is 5.91 Å². The highest BCUT2D eigenvalue weighted by molar-refractivity contribution is 6.05. The quantitative estimate of drug-likeness (QED) is 0.503. The highest BCUT2D eigenvalue weighted by atomic mass is 16.5. The summed E-state index contributed by atoms with van der Waals surface area (Å²) in [6.07, 6.45) is 1.23. The molecule has 1 amide bonds. The average molecular weight is 380 g/mol. The predicted octanol–water partition coefficient (Wildman–Crippen LogP) is 3.66. The second kappa shape index (κ2) is 8.30. The van der Waals surface area contributed by atoms with Crippen LogP contribution in [0.1, 0.15) is 10.4 Å². The molecular formula is C21H20N2O5. The van der Waals surface area contributed by atoms with Crippen LogP contribution in [-0.4, -0.2) is 38.7 Å². The number of benzene rings is 3. The lowest BCUT2D eigenvalue weighted by Crippen LogP contribution is -2.21. The van der Waals surface area contributed by atoms with Crippen LogP contribution in [0.5, 0.6) is 23.0 Å². The maximum atomic E-state index is 12.5. The Balaban J connectivity index is 1.85. The molecule has 0 saturated heterocycles. The minimum atomic E-state index is -0.488. The fourth-order valence-corrected chi connectivity index (χ4v) is 2.76. The molecule has 0 saturated carbocycles. The van der Waals surface area contributed by atoms with Gasteiger partial charge in [0.15, 0.2) is 11.5 Å². The maximum absolute atomic E-state index is 12.5. The van der Waals surface area contributed by atoms with Gasteiger partial charge in [-0.1, -0.05) is 24.3 Å². The van der Waals surface area contributed by atoms with E-state index in [1.165, 1.54) is 27.7 Å². The summed E-state index contributed by atoms with van der Waals surface area (Å²) >= 11 is 0. The number of rotatable bonds is 6. The smallest absolute Gasteiger partial charge is 0.260 e. The number of hydrogen-bond donors (Lipinski definition) is 2. The molecule has 0 fully saturated rings. The number of carbonyl (C=O) groups excluding carboxylic acids is 1. The van der Waals surface area contributed by atoms with Gasteiger partial charge >= 0.3 is 0 Å². The average Bonchev–Trinajstić information content (AvgIpc) is 2.72. The largest absolute Gasteiger partial charge is 0.507 e. The summed E-state index contributed by atoms with van der Waals surface area (Å²) in [6.45, 7) is 0. The summed E-state index contributed by atoms with van der Waals surface area (Å²) in [5.41, 5.74) is 0.549. The Labute approximate surface area is 162 Å². The lowest BCUT2D eigenvalue weighted by atomic mass is 10.1. The molecular weight excluding hydrogens is 360 g/mol. The number of methoxy groups -OCH3 is 3. The van der Waals surface area contributed by atoms with Gasteiger partial charge in [0.2, 0.25) is 0 Å². The maximum Gasteiger partial charge on any atom is 0.260 e. The highest BCUT2D eigenvalue weighted by Crippen LogP contribution is 2.40. The number of hydrogen-bond acceptors (Lipinski definition) is 6. The van der Waals surface area contributed by atoms with Crippen LogP contribution < -0.4 is 19.5 Å². The first-order valence-corrected chi connectivity index (χ1v) is 8.42. The molecule has 0 atom stereocenters. The third kappa shape index (κ3) is 3.83. The number of phenolic OH excluding ortho intramolecular Hbond substituents is 1. The number of amides is 1. The predicted molar refractivity (Wildman–Crippen MR) is 107 cm³/mol. The van der Waals surface area contributed by atoms with Gasteiger partial charge in [-0.3, -0.25) is 4.79 Å². The Morgan fingerprint density at radius 1 is 0.964 bits per heavy atom. The molecule has 144 valence electrons. The molecule has 3 aromatic rings. The Hall–Kier alpha value is -3.74. The van der Waals surface area contributed by atoms with Crippen LogP contribution in [0.25, 0.3) is 10.8 Å². The van der Waals surface area contributed by atoms with Gasteiger partial charge in [0.25, 0.3) is 5.91 Å². The zero-order valence-electron chi connectivity index (χ0n) is 15.7. The van der Waals surface area contributed by atoms with E-state index in [0.717, 1.165) is 10.8 Å². The molecule has 7 nitrogen and oxygen atoms in total. The number of ether oxygens (including phenoxy) is 3. The first kappa shape index (κ1) is 19.0. The van der Waals surface area contributed by atoms with Crippen molar-refractivity contribution in [2.24, 2.45) is 4.99 Å². The number of carbonyl (C=O) groups is 1. The summed E-state index contributed by atoms with van der Waals surface area (Å²) in [7, 11) is 4.53. The van der Waals surface area contributed by atoms with Crippen molar-refractivity contribution < 1.29 is 24.1 Å². The Morgan fingerprint density at radius 2 is 1.57 bits per heavy atom. The Morgan fingerprint density at radius 3 is 2.14 bits per heavy atom. The first-order valence-electron chi connectivity index (χ1n) is 8.42. The Bertz CT molecular complexity index is 1020. The van der Waals surface area contributed by atoms with Crippen LogP contribution in [0.2, 0.25) is 0 Å². The summed E-state index contributed by atoms with van der Waals surface area (Å²) in [6, 6.07) is 14.0. The van der Waals surface area contributed by atoms with E-state index in [1.54, 1.807) is 24.3 Å². The molecule has 3 aromatic carbocycles. The third-order valence-electron chi connectivity index (χ3n) is 4.19. The van der Waals surface area contributed by atoms with Crippen molar-refractivity contribution in [3.05, 3.63) is 54.1 Å². The number of aliphatic imine (C=N–C) groups is 1. The molecule has 0 heterocycles. The summed E-state index contributed by atoms with van der Waals surface area (Å²) in [5, 5.41) is 14.4. The normalized spacial score (nSPS) is 10.8. The molecule has 0 aromatic heterocycles. The molecule has 0 aliphatic heterocycles. The van der Waals surface area contributed by atoms with Crippen LogP contribution >= 0.6 is 0 Å². The molecule has 3 rings (SSSR count). The second-order valence-electron chi connectivity index (χ2n) is 5.83. The molecule has 7 heteroatoms. The van der Waals surface area contributed by atoms with Gasteiger partial charge < -0.3 is 24.6 Å². The third-order valence-corrected chi connectivity index (χ3v) is 4.19. The molecule has 0 radical (unpaired) electrons. The SMILES string of the molecule is COc1cc(OC)c(N=CNC(=O)c2cc3ccccc3cc2O)c(OC)c1. The summed E-state index contributed by atoms with van der Waals surface area (Å²) < 4.78 is 15.8. The van der Waals surface area contributed by atoms with E-state index in [9.17, 15) is 9.90 Å². The molecule has 0 unspecified atom stereocenters. The van der Waals surface area contributed by atoms with E-state index in [4.69, 9.17) is 14.2 Å². The Kier molecular flexibility index (Phi) is 5.64. The molecule has 0 bridgehead atoms.